The summed E-state index contributed by atoms with van der Waals surface area (Å²) in [6.07, 6.45) is 2.63. The summed E-state index contributed by atoms with van der Waals surface area (Å²) in [5.74, 6) is -0.133. The molecular formula is C25H29F3N2O2. The number of hydrogen-bond donors (Lipinski definition) is 1. The predicted molar refractivity (Wildman–Crippen MR) is 119 cm³/mol. The first-order valence-electron chi connectivity index (χ1n) is 11.0. The third-order valence-corrected chi connectivity index (χ3v) is 5.14. The summed E-state index contributed by atoms with van der Waals surface area (Å²) in [4.78, 5) is 13.1. The van der Waals surface area contributed by atoms with Crippen LogP contribution < -0.4 is 10.1 Å². The van der Waals surface area contributed by atoms with E-state index in [0.717, 1.165) is 37.0 Å². The van der Waals surface area contributed by atoms with Gasteiger partial charge >= 0.3 is 6.18 Å². The van der Waals surface area contributed by atoms with E-state index in [1.54, 1.807) is 13.0 Å². The number of ether oxygens (including phenoxy) is 1. The topological polar surface area (TPSA) is 62.1 Å². The number of unbranched alkanes of at least 4 members (excludes halogenated alkanes) is 5. The molecule has 1 N–H and O–H groups in total. The van der Waals surface area contributed by atoms with Crippen molar-refractivity contribution in [1.82, 2.24) is 0 Å². The van der Waals surface area contributed by atoms with Gasteiger partial charge in [-0.2, -0.15) is 18.4 Å². The number of nitrogens with one attached hydrogen (secondary N) is 1. The normalized spacial score (nSPS) is 11.1. The van der Waals surface area contributed by atoms with Crippen LogP contribution in [-0.2, 0) is 12.6 Å². The highest BCUT2D eigenvalue weighted by Crippen LogP contribution is 2.34. The van der Waals surface area contributed by atoms with Crippen LogP contribution >= 0.6 is 0 Å². The smallest absolute Gasteiger partial charge is 0.417 e. The number of anilines is 1. The minimum absolute atomic E-state index is 0.0295. The first-order chi connectivity index (χ1) is 15.3. The van der Waals surface area contributed by atoms with E-state index >= 15 is 0 Å². The van der Waals surface area contributed by atoms with Gasteiger partial charge in [0.25, 0.3) is 5.91 Å². The Kier molecular flexibility index (Phi) is 9.58. The molecule has 0 aliphatic carbocycles. The molecule has 2 rings (SSSR count). The van der Waals surface area contributed by atoms with Crippen LogP contribution in [0.4, 0.5) is 18.9 Å². The molecule has 0 saturated carbocycles. The molecule has 7 heteroatoms. The van der Waals surface area contributed by atoms with Gasteiger partial charge in [0.05, 0.1) is 29.4 Å². The SMILES string of the molecule is CCCCCCCCc1cccc(OCC)c1C(=O)Nc1ccc(C#N)c(C(F)(F)F)c1. The van der Waals surface area contributed by atoms with Crippen LogP contribution in [-0.4, -0.2) is 12.5 Å². The molecule has 0 spiro atoms. The molecule has 0 unspecified atom stereocenters. The van der Waals surface area contributed by atoms with E-state index < -0.39 is 23.2 Å². The summed E-state index contributed by atoms with van der Waals surface area (Å²) in [7, 11) is 0. The van der Waals surface area contributed by atoms with Crippen LogP contribution in [0.25, 0.3) is 0 Å². The second-order valence-electron chi connectivity index (χ2n) is 7.57. The van der Waals surface area contributed by atoms with E-state index in [-0.39, 0.29) is 5.69 Å². The Labute approximate surface area is 187 Å². The highest BCUT2D eigenvalue weighted by Gasteiger charge is 2.34. The number of amides is 1. The standard InChI is InChI=1S/C25H29F3N2O2/c1-3-5-6-7-8-9-11-18-12-10-13-22(32-4-2)23(18)24(31)30-20-15-14-19(17-29)21(16-20)25(26,27)28/h10,12-16H,3-9,11H2,1-2H3,(H,30,31). The summed E-state index contributed by atoms with van der Waals surface area (Å²) in [5, 5.41) is 11.5. The molecule has 1 amide bonds. The van der Waals surface area contributed by atoms with E-state index in [4.69, 9.17) is 10.00 Å². The van der Waals surface area contributed by atoms with Crippen LogP contribution in [0, 0.1) is 11.3 Å². The average molecular weight is 447 g/mol. The lowest BCUT2D eigenvalue weighted by Crippen LogP contribution is -2.17. The maximum atomic E-state index is 13.3. The number of alkyl halides is 3. The lowest BCUT2D eigenvalue weighted by molar-refractivity contribution is -0.137. The van der Waals surface area contributed by atoms with Crippen molar-refractivity contribution in [2.45, 2.75) is 65.0 Å². The van der Waals surface area contributed by atoms with Crippen molar-refractivity contribution in [3.8, 4) is 11.8 Å². The zero-order valence-corrected chi connectivity index (χ0v) is 18.5. The van der Waals surface area contributed by atoms with Crippen molar-refractivity contribution in [3.05, 3.63) is 58.7 Å². The summed E-state index contributed by atoms with van der Waals surface area (Å²) in [5.41, 5.74) is -0.468. The maximum absolute atomic E-state index is 13.3. The molecule has 0 fully saturated rings. The summed E-state index contributed by atoms with van der Waals surface area (Å²) >= 11 is 0. The number of aryl methyl sites for hydroxylation is 1. The van der Waals surface area contributed by atoms with Gasteiger partial charge in [-0.25, -0.2) is 0 Å². The van der Waals surface area contributed by atoms with Gasteiger partial charge in [-0.3, -0.25) is 4.79 Å². The molecule has 0 radical (unpaired) electrons. The first-order valence-corrected chi connectivity index (χ1v) is 11.0. The van der Waals surface area contributed by atoms with Crippen LogP contribution in [0.5, 0.6) is 5.75 Å². The molecular weight excluding hydrogens is 417 g/mol. The van der Waals surface area contributed by atoms with Crippen LogP contribution in [0.1, 0.15) is 79.4 Å². The first kappa shape index (κ1) is 25.3. The van der Waals surface area contributed by atoms with Crippen molar-refractivity contribution < 1.29 is 22.7 Å². The molecule has 0 heterocycles. The van der Waals surface area contributed by atoms with E-state index in [2.05, 4.69) is 12.2 Å². The van der Waals surface area contributed by atoms with Crippen LogP contribution in [0.3, 0.4) is 0 Å². The summed E-state index contributed by atoms with van der Waals surface area (Å²) in [6, 6.07) is 10.0. The van der Waals surface area contributed by atoms with Gasteiger partial charge in [0.1, 0.15) is 5.75 Å². The fourth-order valence-electron chi connectivity index (χ4n) is 3.56. The van der Waals surface area contributed by atoms with Gasteiger partial charge in [0, 0.05) is 5.69 Å². The number of nitrogens with zero attached hydrogens (tertiary/aromatic N) is 1. The second-order valence-corrected chi connectivity index (χ2v) is 7.57. The molecule has 0 aliphatic rings. The van der Waals surface area contributed by atoms with Gasteiger partial charge in [0.2, 0.25) is 0 Å². The molecule has 0 aliphatic heterocycles. The zero-order chi connectivity index (χ0) is 23.6. The minimum atomic E-state index is -4.70. The Balaban J connectivity index is 2.25. The molecule has 172 valence electrons. The van der Waals surface area contributed by atoms with Gasteiger partial charge < -0.3 is 10.1 Å². The Morgan fingerprint density at radius 3 is 2.44 bits per heavy atom. The van der Waals surface area contributed by atoms with Gasteiger partial charge in [-0.1, -0.05) is 51.2 Å². The number of carbonyl (C=O) groups excluding carboxylic acids is 1. The van der Waals surface area contributed by atoms with Crippen molar-refractivity contribution in [1.29, 1.82) is 5.26 Å². The summed E-state index contributed by atoms with van der Waals surface area (Å²) < 4.78 is 45.4. The number of halogens is 3. The van der Waals surface area contributed by atoms with Crippen molar-refractivity contribution >= 4 is 11.6 Å². The molecule has 0 aromatic heterocycles. The fraction of sp³-hybridized carbons (Fsp3) is 0.440. The lowest BCUT2D eigenvalue weighted by atomic mass is 9.98. The average Bonchev–Trinajstić information content (AvgIpc) is 2.75. The van der Waals surface area contributed by atoms with Gasteiger partial charge in [0.15, 0.2) is 0 Å². The molecule has 0 bridgehead atoms. The van der Waals surface area contributed by atoms with E-state index in [1.807, 2.05) is 12.1 Å². The summed E-state index contributed by atoms with van der Waals surface area (Å²) in [6.45, 7) is 4.32. The van der Waals surface area contributed by atoms with Gasteiger partial charge in [-0.15, -0.1) is 0 Å². The van der Waals surface area contributed by atoms with E-state index in [1.165, 1.54) is 31.4 Å². The Morgan fingerprint density at radius 2 is 1.78 bits per heavy atom. The number of nitriles is 1. The molecule has 0 atom stereocenters. The zero-order valence-electron chi connectivity index (χ0n) is 18.5. The molecule has 4 nitrogen and oxygen atoms in total. The third kappa shape index (κ3) is 7.01. The molecule has 0 saturated heterocycles. The number of carbonyl (C=O) groups is 1. The lowest BCUT2D eigenvalue weighted by Gasteiger charge is -2.16. The van der Waals surface area contributed by atoms with E-state index in [9.17, 15) is 18.0 Å². The monoisotopic (exact) mass is 446 g/mol. The number of rotatable bonds is 11. The Bertz CT molecular complexity index is 949. The van der Waals surface area contributed by atoms with Crippen molar-refractivity contribution in [2.75, 3.05) is 11.9 Å². The predicted octanol–water partition coefficient (Wildman–Crippen LogP) is 7.13. The minimum Gasteiger partial charge on any atom is -0.493 e. The Hall–Kier alpha value is -3.01. The molecule has 2 aromatic rings. The van der Waals surface area contributed by atoms with E-state index in [0.29, 0.717) is 24.3 Å². The maximum Gasteiger partial charge on any atom is 0.417 e. The quantitative estimate of drug-likeness (QED) is 0.373. The highest BCUT2D eigenvalue weighted by molar-refractivity contribution is 6.07. The molecule has 32 heavy (non-hydrogen) atoms. The van der Waals surface area contributed by atoms with Crippen LogP contribution in [0.2, 0.25) is 0 Å². The van der Waals surface area contributed by atoms with Gasteiger partial charge in [-0.05, 0) is 49.6 Å². The third-order valence-electron chi connectivity index (χ3n) is 5.14. The fourth-order valence-corrected chi connectivity index (χ4v) is 3.56. The van der Waals surface area contributed by atoms with Crippen molar-refractivity contribution in [2.24, 2.45) is 0 Å². The highest BCUT2D eigenvalue weighted by atomic mass is 19.4. The molecule has 2 aromatic carbocycles. The Morgan fingerprint density at radius 1 is 1.06 bits per heavy atom. The number of hydrogen-bond acceptors (Lipinski definition) is 3. The van der Waals surface area contributed by atoms with Crippen molar-refractivity contribution in [3.63, 3.8) is 0 Å². The second kappa shape index (κ2) is 12.1. The largest absolute Gasteiger partial charge is 0.493 e. The van der Waals surface area contributed by atoms with Crippen LogP contribution in [0.15, 0.2) is 36.4 Å². The number of benzene rings is 2.